The molecule has 6 heteroatoms. The van der Waals surface area contributed by atoms with E-state index in [4.69, 9.17) is 33.6 Å². The van der Waals surface area contributed by atoms with Crippen LogP contribution in [0.25, 0.3) is 0 Å². The Labute approximate surface area is 67.7 Å². The molecule has 0 bridgehead atoms. The average molecular weight is 185 g/mol. The molecule has 58 valence electrons. The van der Waals surface area contributed by atoms with Gasteiger partial charge in [0.25, 0.3) is 0 Å². The van der Waals surface area contributed by atoms with Gasteiger partial charge in [-0.2, -0.15) is 0 Å². The van der Waals surface area contributed by atoms with Crippen molar-refractivity contribution in [1.29, 1.82) is 0 Å². The summed E-state index contributed by atoms with van der Waals surface area (Å²) in [4.78, 5) is 0. The summed E-state index contributed by atoms with van der Waals surface area (Å²) in [6.07, 6.45) is 2.06. The van der Waals surface area contributed by atoms with Gasteiger partial charge in [-0.05, 0) is 0 Å². The van der Waals surface area contributed by atoms with Crippen LogP contribution in [0, 0.1) is 0 Å². The van der Waals surface area contributed by atoms with E-state index >= 15 is 0 Å². The second-order valence-corrected chi connectivity index (χ2v) is 2.43. The fourth-order valence-electron chi connectivity index (χ4n) is 0.292. The normalized spacial score (nSPS) is 18.2. The predicted molar refractivity (Wildman–Crippen MR) is 39.8 cm³/mol. The molecular weight excluding hydrogens is 179 g/mol. The van der Waals surface area contributed by atoms with Gasteiger partial charge in [-0.15, -0.1) is 33.5 Å². The van der Waals surface area contributed by atoms with Gasteiger partial charge in [0.15, 0.2) is 0 Å². The van der Waals surface area contributed by atoms with Crippen molar-refractivity contribution < 1.29 is 10.4 Å². The maximum Gasteiger partial charge on any atom is 0.0935 e. The first kappa shape index (κ1) is 9.52. The summed E-state index contributed by atoms with van der Waals surface area (Å²) in [5.74, 6) is 0. The van der Waals surface area contributed by atoms with E-state index in [1.165, 1.54) is 0 Å². The van der Waals surface area contributed by atoms with Crippen LogP contribution in [0.5, 0.6) is 0 Å². The SMILES string of the molecule is O/N=C/C(Cl)C(Cl)/C=N/O. The maximum atomic E-state index is 7.97. The smallest absolute Gasteiger partial charge is 0.0935 e. The van der Waals surface area contributed by atoms with Crippen molar-refractivity contribution in [2.45, 2.75) is 10.8 Å². The van der Waals surface area contributed by atoms with E-state index in [-0.39, 0.29) is 0 Å². The zero-order chi connectivity index (χ0) is 7.98. The van der Waals surface area contributed by atoms with Gasteiger partial charge in [-0.3, -0.25) is 0 Å². The average Bonchev–Trinajstić information content (AvgIpc) is 1.89. The molecule has 4 nitrogen and oxygen atoms in total. The lowest BCUT2D eigenvalue weighted by Crippen LogP contribution is -2.17. The molecule has 10 heavy (non-hydrogen) atoms. The predicted octanol–water partition coefficient (Wildman–Crippen LogP) is 1.12. The molecule has 2 atom stereocenters. The summed E-state index contributed by atoms with van der Waals surface area (Å²) >= 11 is 10.9. The summed E-state index contributed by atoms with van der Waals surface area (Å²) in [5.41, 5.74) is 0. The quantitative estimate of drug-likeness (QED) is 0.299. The third-order valence-corrected chi connectivity index (χ3v) is 1.62. The van der Waals surface area contributed by atoms with Crippen LogP contribution in [0.2, 0.25) is 0 Å². The first-order chi connectivity index (χ1) is 4.72. The van der Waals surface area contributed by atoms with Gasteiger partial charge in [-0.1, -0.05) is 0 Å². The Balaban J connectivity index is 3.81. The third-order valence-electron chi connectivity index (χ3n) is 0.722. The number of halogens is 2. The summed E-state index contributed by atoms with van der Waals surface area (Å²) in [5, 5.41) is 19.9. The molecule has 0 radical (unpaired) electrons. The van der Waals surface area contributed by atoms with Crippen LogP contribution in [0.1, 0.15) is 0 Å². The molecule has 0 aliphatic carbocycles. The van der Waals surface area contributed by atoms with Crippen LogP contribution < -0.4 is 0 Å². The Hall–Kier alpha value is -0.480. The molecule has 0 heterocycles. The van der Waals surface area contributed by atoms with Crippen LogP contribution in [0.3, 0.4) is 0 Å². The van der Waals surface area contributed by atoms with Gasteiger partial charge in [0.05, 0.1) is 23.2 Å². The Bertz CT molecular complexity index is 123. The minimum atomic E-state index is -0.678. The van der Waals surface area contributed by atoms with E-state index in [1.807, 2.05) is 0 Å². The van der Waals surface area contributed by atoms with Gasteiger partial charge >= 0.3 is 0 Å². The Kier molecular flexibility index (Phi) is 5.06. The molecule has 0 aliphatic heterocycles. The van der Waals surface area contributed by atoms with Gasteiger partial charge < -0.3 is 10.4 Å². The van der Waals surface area contributed by atoms with E-state index in [9.17, 15) is 0 Å². The molecule has 0 aliphatic rings. The molecule has 2 unspecified atom stereocenters. The minimum absolute atomic E-state index is 0.678. The van der Waals surface area contributed by atoms with Gasteiger partial charge in [-0.25, -0.2) is 0 Å². The van der Waals surface area contributed by atoms with Crippen molar-refractivity contribution in [2.75, 3.05) is 0 Å². The zero-order valence-corrected chi connectivity index (χ0v) is 6.37. The number of hydrogen-bond donors (Lipinski definition) is 2. The van der Waals surface area contributed by atoms with E-state index in [0.717, 1.165) is 12.4 Å². The lowest BCUT2D eigenvalue weighted by atomic mass is 10.3. The van der Waals surface area contributed by atoms with Crippen molar-refractivity contribution in [2.24, 2.45) is 10.3 Å². The maximum absolute atomic E-state index is 7.97. The Morgan fingerprint density at radius 1 is 1.00 bits per heavy atom. The highest BCUT2D eigenvalue weighted by Gasteiger charge is 2.11. The molecule has 0 rings (SSSR count). The van der Waals surface area contributed by atoms with E-state index < -0.39 is 10.8 Å². The van der Waals surface area contributed by atoms with Gasteiger partial charge in [0, 0.05) is 0 Å². The second-order valence-electron chi connectivity index (χ2n) is 1.42. The van der Waals surface area contributed by atoms with Gasteiger partial charge in [0.2, 0.25) is 0 Å². The standard InChI is InChI=1S/C4H6Cl2N2O2/c5-3(1-7-9)4(6)2-8-10/h1-4,9-10H/b7-1+,8-2+. The lowest BCUT2D eigenvalue weighted by Gasteiger charge is -2.02. The summed E-state index contributed by atoms with van der Waals surface area (Å²) in [7, 11) is 0. The molecular formula is C4H6Cl2N2O2. The molecule has 0 aromatic rings. The van der Waals surface area contributed by atoms with Gasteiger partial charge in [0.1, 0.15) is 0 Å². The number of oxime groups is 2. The van der Waals surface area contributed by atoms with E-state index in [2.05, 4.69) is 10.3 Å². The Morgan fingerprint density at radius 2 is 1.30 bits per heavy atom. The van der Waals surface area contributed by atoms with E-state index in [0.29, 0.717) is 0 Å². The van der Waals surface area contributed by atoms with Crippen LogP contribution >= 0.6 is 23.2 Å². The summed E-state index contributed by atoms with van der Waals surface area (Å²) in [6.45, 7) is 0. The monoisotopic (exact) mass is 184 g/mol. The molecule has 0 aromatic carbocycles. The largest absolute Gasteiger partial charge is 0.411 e. The number of alkyl halides is 2. The molecule has 2 N–H and O–H groups in total. The zero-order valence-electron chi connectivity index (χ0n) is 4.85. The second kappa shape index (κ2) is 5.32. The first-order valence-electron chi connectivity index (χ1n) is 2.35. The van der Waals surface area contributed by atoms with Crippen molar-refractivity contribution in [3.8, 4) is 0 Å². The number of nitrogens with zero attached hydrogens (tertiary/aromatic N) is 2. The highest BCUT2D eigenvalue weighted by Crippen LogP contribution is 2.05. The Morgan fingerprint density at radius 3 is 1.50 bits per heavy atom. The minimum Gasteiger partial charge on any atom is -0.411 e. The lowest BCUT2D eigenvalue weighted by molar-refractivity contribution is 0.319. The third kappa shape index (κ3) is 3.53. The van der Waals surface area contributed by atoms with Crippen LogP contribution in [0.4, 0.5) is 0 Å². The number of rotatable bonds is 3. The van der Waals surface area contributed by atoms with Crippen LogP contribution in [0.15, 0.2) is 10.3 Å². The van der Waals surface area contributed by atoms with Crippen LogP contribution in [-0.4, -0.2) is 33.6 Å². The highest BCUT2D eigenvalue weighted by molar-refractivity contribution is 6.39. The molecule has 0 fully saturated rings. The van der Waals surface area contributed by atoms with Crippen molar-refractivity contribution in [3.05, 3.63) is 0 Å². The fraction of sp³-hybridized carbons (Fsp3) is 0.500. The first-order valence-corrected chi connectivity index (χ1v) is 3.23. The van der Waals surface area contributed by atoms with Crippen molar-refractivity contribution in [3.63, 3.8) is 0 Å². The topological polar surface area (TPSA) is 65.2 Å². The van der Waals surface area contributed by atoms with Crippen molar-refractivity contribution >= 4 is 35.6 Å². The summed E-state index contributed by atoms with van der Waals surface area (Å²) in [6, 6.07) is 0. The van der Waals surface area contributed by atoms with Crippen molar-refractivity contribution in [1.82, 2.24) is 0 Å². The molecule has 0 saturated carbocycles. The molecule has 0 amide bonds. The summed E-state index contributed by atoms with van der Waals surface area (Å²) < 4.78 is 0. The molecule has 0 aromatic heterocycles. The molecule has 0 saturated heterocycles. The van der Waals surface area contributed by atoms with E-state index in [1.54, 1.807) is 0 Å². The van der Waals surface area contributed by atoms with Crippen LogP contribution in [-0.2, 0) is 0 Å². The fourth-order valence-corrected chi connectivity index (χ4v) is 0.523. The highest BCUT2D eigenvalue weighted by atomic mass is 35.5. The molecule has 0 spiro atoms. The number of hydrogen-bond acceptors (Lipinski definition) is 4.